The van der Waals surface area contributed by atoms with Crippen LogP contribution in [-0.4, -0.2) is 47.5 Å². The molecule has 9 heteroatoms. The zero-order chi connectivity index (χ0) is 19.1. The Labute approximate surface area is 149 Å². The summed E-state index contributed by atoms with van der Waals surface area (Å²) in [4.78, 5) is 26.2. The monoisotopic (exact) mass is 370 g/mol. The number of amides is 3. The minimum atomic E-state index is -4.23. The number of halogens is 3. The lowest BCUT2D eigenvalue weighted by molar-refractivity contribution is -0.147. The molecule has 0 atom stereocenters. The van der Waals surface area contributed by atoms with Crippen molar-refractivity contribution in [3.8, 4) is 0 Å². The summed E-state index contributed by atoms with van der Waals surface area (Å²) in [5.41, 5.74) is 7.39. The Kier molecular flexibility index (Phi) is 4.83. The van der Waals surface area contributed by atoms with Crippen LogP contribution in [0, 0.1) is 5.92 Å². The van der Waals surface area contributed by atoms with Crippen LogP contribution in [0.25, 0.3) is 0 Å². The molecule has 1 fully saturated rings. The van der Waals surface area contributed by atoms with Crippen molar-refractivity contribution in [1.29, 1.82) is 0 Å². The van der Waals surface area contributed by atoms with Crippen LogP contribution in [0.4, 0.5) is 23.7 Å². The maximum Gasteiger partial charge on any atom is 0.401 e. The standard InChI is InChI=1S/C17H21F3N4O2/c1-23(14-5-11(6-14)15(21)25)16(26)22-13-3-2-10-7-24(8-12(10)4-13)9-17(18,19)20/h2-4,11,14H,5-9H2,1H3,(H2,21,25)(H,22,26). The maximum absolute atomic E-state index is 12.5. The second kappa shape index (κ2) is 6.79. The van der Waals surface area contributed by atoms with Gasteiger partial charge in [0.1, 0.15) is 0 Å². The van der Waals surface area contributed by atoms with Gasteiger partial charge >= 0.3 is 12.2 Å². The van der Waals surface area contributed by atoms with Crippen LogP contribution in [0.15, 0.2) is 18.2 Å². The minimum Gasteiger partial charge on any atom is -0.369 e. The first-order valence-electron chi connectivity index (χ1n) is 8.36. The summed E-state index contributed by atoms with van der Waals surface area (Å²) in [6.45, 7) is -0.494. The molecule has 0 bridgehead atoms. The van der Waals surface area contributed by atoms with Crippen LogP contribution >= 0.6 is 0 Å². The van der Waals surface area contributed by atoms with Gasteiger partial charge in [-0.15, -0.1) is 0 Å². The number of benzene rings is 1. The summed E-state index contributed by atoms with van der Waals surface area (Å²) >= 11 is 0. The van der Waals surface area contributed by atoms with Crippen molar-refractivity contribution >= 4 is 17.6 Å². The topological polar surface area (TPSA) is 78.7 Å². The lowest BCUT2D eigenvalue weighted by Gasteiger charge is -2.39. The number of urea groups is 1. The van der Waals surface area contributed by atoms with Crippen molar-refractivity contribution in [2.75, 3.05) is 18.9 Å². The third kappa shape index (κ3) is 4.09. The molecule has 3 rings (SSSR count). The van der Waals surface area contributed by atoms with Crippen molar-refractivity contribution < 1.29 is 22.8 Å². The molecular formula is C17H21F3N4O2. The number of fused-ring (bicyclic) bond motifs is 1. The number of hydrogen-bond donors (Lipinski definition) is 2. The third-order valence-electron chi connectivity index (χ3n) is 5.03. The highest BCUT2D eigenvalue weighted by atomic mass is 19.4. The zero-order valence-electron chi connectivity index (χ0n) is 14.3. The number of primary amides is 1. The van der Waals surface area contributed by atoms with Crippen LogP contribution in [-0.2, 0) is 17.9 Å². The van der Waals surface area contributed by atoms with Gasteiger partial charge in [0.2, 0.25) is 5.91 Å². The Morgan fingerprint density at radius 2 is 1.92 bits per heavy atom. The highest BCUT2D eigenvalue weighted by Gasteiger charge is 2.37. The molecule has 1 saturated carbocycles. The summed E-state index contributed by atoms with van der Waals surface area (Å²) < 4.78 is 37.6. The first-order chi connectivity index (χ1) is 12.1. The number of alkyl halides is 3. The van der Waals surface area contributed by atoms with Gasteiger partial charge in [-0.2, -0.15) is 13.2 Å². The van der Waals surface area contributed by atoms with E-state index in [4.69, 9.17) is 5.73 Å². The van der Waals surface area contributed by atoms with E-state index in [2.05, 4.69) is 5.32 Å². The Bertz CT molecular complexity index is 716. The van der Waals surface area contributed by atoms with Gasteiger partial charge in [0, 0.05) is 37.8 Å². The van der Waals surface area contributed by atoms with E-state index in [1.807, 2.05) is 0 Å². The lowest BCUT2D eigenvalue weighted by atomic mass is 9.79. The van der Waals surface area contributed by atoms with Crippen LogP contribution in [0.3, 0.4) is 0 Å². The number of anilines is 1. The summed E-state index contributed by atoms with van der Waals surface area (Å²) in [5.74, 6) is -0.535. The maximum atomic E-state index is 12.5. The average Bonchev–Trinajstić information content (AvgIpc) is 2.84. The summed E-state index contributed by atoms with van der Waals surface area (Å²) in [7, 11) is 1.65. The molecule has 6 nitrogen and oxygen atoms in total. The van der Waals surface area contributed by atoms with E-state index >= 15 is 0 Å². The second-order valence-electron chi connectivity index (χ2n) is 7.01. The predicted molar refractivity (Wildman–Crippen MR) is 89.1 cm³/mol. The molecule has 0 saturated heterocycles. The van der Waals surface area contributed by atoms with E-state index in [9.17, 15) is 22.8 Å². The number of nitrogens with one attached hydrogen (secondary N) is 1. The molecule has 142 valence electrons. The second-order valence-corrected chi connectivity index (χ2v) is 7.01. The smallest absolute Gasteiger partial charge is 0.369 e. The summed E-state index contributed by atoms with van der Waals surface area (Å²) in [5, 5.41) is 2.76. The van der Waals surface area contributed by atoms with Gasteiger partial charge in [-0.3, -0.25) is 9.69 Å². The number of rotatable bonds is 4. The van der Waals surface area contributed by atoms with Crippen LogP contribution in [0.1, 0.15) is 24.0 Å². The van der Waals surface area contributed by atoms with Gasteiger partial charge in [-0.1, -0.05) is 6.07 Å². The largest absolute Gasteiger partial charge is 0.401 e. The SMILES string of the molecule is CN(C(=O)Nc1ccc2c(c1)CN(CC(F)(F)F)C2)C1CC(C(N)=O)C1. The molecule has 26 heavy (non-hydrogen) atoms. The molecule has 3 amide bonds. The van der Waals surface area contributed by atoms with Crippen LogP contribution in [0.2, 0.25) is 0 Å². The van der Waals surface area contributed by atoms with E-state index in [-0.39, 0.29) is 37.0 Å². The van der Waals surface area contributed by atoms with Gasteiger partial charge in [-0.25, -0.2) is 4.79 Å². The molecule has 0 unspecified atom stereocenters. The molecule has 0 spiro atoms. The molecule has 0 aromatic heterocycles. The molecule has 1 aliphatic heterocycles. The number of hydrogen-bond acceptors (Lipinski definition) is 3. The average molecular weight is 370 g/mol. The van der Waals surface area contributed by atoms with Crippen molar-refractivity contribution in [3.63, 3.8) is 0 Å². The normalized spacial score (nSPS) is 22.5. The fourth-order valence-electron chi connectivity index (χ4n) is 3.42. The van der Waals surface area contributed by atoms with Gasteiger partial charge in [0.25, 0.3) is 0 Å². The predicted octanol–water partition coefficient (Wildman–Crippen LogP) is 2.29. The van der Waals surface area contributed by atoms with E-state index < -0.39 is 12.7 Å². The van der Waals surface area contributed by atoms with Crippen LogP contribution < -0.4 is 11.1 Å². The fourth-order valence-corrected chi connectivity index (χ4v) is 3.42. The minimum absolute atomic E-state index is 0.0378. The molecule has 2 aliphatic rings. The number of nitrogens with two attached hydrogens (primary N) is 1. The van der Waals surface area contributed by atoms with Gasteiger partial charge in [-0.05, 0) is 36.1 Å². The molecule has 1 aliphatic carbocycles. The van der Waals surface area contributed by atoms with E-state index in [1.165, 1.54) is 9.80 Å². The number of carbonyl (C=O) groups excluding carboxylic acids is 2. The van der Waals surface area contributed by atoms with E-state index in [0.29, 0.717) is 18.5 Å². The fraction of sp³-hybridized carbons (Fsp3) is 0.529. The van der Waals surface area contributed by atoms with E-state index in [0.717, 1.165) is 11.1 Å². The molecule has 1 aromatic rings. The Hall–Kier alpha value is -2.29. The highest BCUT2D eigenvalue weighted by molar-refractivity contribution is 5.90. The van der Waals surface area contributed by atoms with E-state index in [1.54, 1.807) is 25.2 Å². The number of nitrogens with zero attached hydrogens (tertiary/aromatic N) is 2. The van der Waals surface area contributed by atoms with Crippen molar-refractivity contribution in [3.05, 3.63) is 29.3 Å². The molecule has 3 N–H and O–H groups in total. The quantitative estimate of drug-likeness (QED) is 0.854. The van der Waals surface area contributed by atoms with Gasteiger partial charge in [0.15, 0.2) is 0 Å². The molecule has 0 radical (unpaired) electrons. The van der Waals surface area contributed by atoms with Crippen LogP contribution in [0.5, 0.6) is 0 Å². The third-order valence-corrected chi connectivity index (χ3v) is 5.03. The first-order valence-corrected chi connectivity index (χ1v) is 8.36. The number of carbonyl (C=O) groups is 2. The van der Waals surface area contributed by atoms with Gasteiger partial charge < -0.3 is 16.0 Å². The first kappa shape index (κ1) is 18.5. The van der Waals surface area contributed by atoms with Crippen molar-refractivity contribution in [2.45, 2.75) is 38.1 Å². The van der Waals surface area contributed by atoms with Gasteiger partial charge in [0.05, 0.1) is 6.54 Å². The molecule has 1 heterocycles. The van der Waals surface area contributed by atoms with Crippen molar-refractivity contribution in [1.82, 2.24) is 9.80 Å². The zero-order valence-corrected chi connectivity index (χ0v) is 14.3. The Morgan fingerprint density at radius 3 is 2.54 bits per heavy atom. The lowest BCUT2D eigenvalue weighted by Crippen LogP contribution is -2.50. The molecular weight excluding hydrogens is 349 g/mol. The Morgan fingerprint density at radius 1 is 1.27 bits per heavy atom. The van der Waals surface area contributed by atoms with Crippen molar-refractivity contribution in [2.24, 2.45) is 11.7 Å². The molecule has 1 aromatic carbocycles. The summed E-state index contributed by atoms with van der Waals surface area (Å²) in [6.07, 6.45) is -3.13. The highest BCUT2D eigenvalue weighted by Crippen LogP contribution is 2.32. The Balaban J connectivity index is 1.56. The summed E-state index contributed by atoms with van der Waals surface area (Å²) in [6, 6.07) is 4.79.